The van der Waals surface area contributed by atoms with E-state index in [4.69, 9.17) is 9.73 Å². The molecule has 186 valence electrons. The fraction of sp³-hybridized carbons (Fsp3) is 0.207. The Morgan fingerprint density at radius 3 is 2.62 bits per heavy atom. The van der Waals surface area contributed by atoms with Crippen molar-refractivity contribution >= 4 is 62.2 Å². The molecule has 7 nitrogen and oxygen atoms in total. The number of fused-ring (bicyclic) bond motifs is 2. The third-order valence-corrected chi connectivity index (χ3v) is 7.80. The lowest BCUT2D eigenvalue weighted by atomic mass is 10.1. The molecule has 0 aliphatic carbocycles. The third kappa shape index (κ3) is 4.65. The molecule has 0 unspecified atom stereocenters. The van der Waals surface area contributed by atoms with Crippen molar-refractivity contribution in [1.82, 2.24) is 14.4 Å². The van der Waals surface area contributed by atoms with E-state index < -0.39 is 0 Å². The summed E-state index contributed by atoms with van der Waals surface area (Å²) in [5.41, 5.74) is 2.67. The minimum atomic E-state index is -0.0919. The van der Waals surface area contributed by atoms with Gasteiger partial charge >= 0.3 is 0 Å². The SMILES string of the molecule is CN1C(=O)/C(=C/c2cn(CC(=O)N3CCOCC3)c3ccccc23)SC1=Nc1ccc2ccccc2c1. The van der Waals surface area contributed by atoms with Crippen molar-refractivity contribution in [3.05, 3.63) is 83.4 Å². The normalized spacial score (nSPS) is 18.6. The van der Waals surface area contributed by atoms with Crippen LogP contribution in [0.15, 0.2) is 82.8 Å². The van der Waals surface area contributed by atoms with Crippen LogP contribution in [0.3, 0.4) is 0 Å². The number of carbonyl (C=O) groups excluding carboxylic acids is 2. The highest BCUT2D eigenvalue weighted by Crippen LogP contribution is 2.35. The molecule has 2 saturated heterocycles. The Hall–Kier alpha value is -3.88. The summed E-state index contributed by atoms with van der Waals surface area (Å²) in [5, 5.41) is 3.90. The molecule has 0 spiro atoms. The number of amides is 2. The summed E-state index contributed by atoms with van der Waals surface area (Å²) in [5.74, 6) is -0.0233. The highest BCUT2D eigenvalue weighted by Gasteiger charge is 2.31. The van der Waals surface area contributed by atoms with Gasteiger partial charge in [-0.2, -0.15) is 0 Å². The number of para-hydroxylation sites is 1. The number of carbonyl (C=O) groups is 2. The fourth-order valence-corrected chi connectivity index (χ4v) is 5.71. The number of ether oxygens (including phenoxy) is 1. The smallest absolute Gasteiger partial charge is 0.266 e. The quantitative estimate of drug-likeness (QED) is 0.367. The van der Waals surface area contributed by atoms with Crippen LogP contribution in [0, 0.1) is 0 Å². The number of aliphatic imine (C=N–C) groups is 1. The second kappa shape index (κ2) is 9.88. The maximum atomic E-state index is 13.1. The molecule has 0 N–H and O–H groups in total. The first-order chi connectivity index (χ1) is 18.1. The van der Waals surface area contributed by atoms with Crippen LogP contribution in [0.5, 0.6) is 0 Å². The number of thioether (sulfide) groups is 1. The third-order valence-electron chi connectivity index (χ3n) is 6.74. The summed E-state index contributed by atoms with van der Waals surface area (Å²) in [4.78, 5) is 34.8. The number of rotatable bonds is 4. The number of benzene rings is 3. The van der Waals surface area contributed by atoms with Crippen molar-refractivity contribution in [2.45, 2.75) is 6.54 Å². The van der Waals surface area contributed by atoms with Gasteiger partial charge in [-0.25, -0.2) is 4.99 Å². The summed E-state index contributed by atoms with van der Waals surface area (Å²) >= 11 is 1.37. The molecule has 3 aromatic carbocycles. The predicted octanol–water partition coefficient (Wildman–Crippen LogP) is 4.89. The molecule has 0 atom stereocenters. The van der Waals surface area contributed by atoms with Gasteiger partial charge < -0.3 is 14.2 Å². The number of aromatic nitrogens is 1. The average molecular weight is 511 g/mol. The van der Waals surface area contributed by atoms with Crippen LogP contribution < -0.4 is 0 Å². The van der Waals surface area contributed by atoms with Crippen LogP contribution >= 0.6 is 11.8 Å². The lowest BCUT2D eigenvalue weighted by molar-refractivity contribution is -0.135. The number of likely N-dealkylation sites (N-methyl/N-ethyl adjacent to an activating group) is 1. The number of nitrogens with zero attached hydrogens (tertiary/aromatic N) is 4. The predicted molar refractivity (Wildman–Crippen MR) is 149 cm³/mol. The van der Waals surface area contributed by atoms with Crippen LogP contribution in [0.25, 0.3) is 27.8 Å². The number of amidine groups is 1. The van der Waals surface area contributed by atoms with E-state index in [1.165, 1.54) is 11.8 Å². The van der Waals surface area contributed by atoms with Gasteiger partial charge in [0.1, 0.15) is 6.54 Å². The van der Waals surface area contributed by atoms with Gasteiger partial charge in [0.2, 0.25) is 5.91 Å². The fourth-order valence-electron chi connectivity index (χ4n) is 4.73. The van der Waals surface area contributed by atoms with E-state index >= 15 is 0 Å². The summed E-state index contributed by atoms with van der Waals surface area (Å²) in [6.07, 6.45) is 3.87. The van der Waals surface area contributed by atoms with Crippen molar-refractivity contribution in [1.29, 1.82) is 0 Å². The molecule has 4 aromatic rings. The molecule has 8 heteroatoms. The Labute approximate surface area is 219 Å². The van der Waals surface area contributed by atoms with Gasteiger partial charge in [-0.15, -0.1) is 0 Å². The van der Waals surface area contributed by atoms with Crippen LogP contribution in [0.1, 0.15) is 5.56 Å². The molecular formula is C29H26N4O3S. The van der Waals surface area contributed by atoms with Gasteiger partial charge in [0, 0.05) is 42.8 Å². The largest absolute Gasteiger partial charge is 0.378 e. The minimum absolute atomic E-state index is 0.0686. The summed E-state index contributed by atoms with van der Waals surface area (Å²) in [6.45, 7) is 2.63. The van der Waals surface area contributed by atoms with Crippen molar-refractivity contribution in [3.63, 3.8) is 0 Å². The van der Waals surface area contributed by atoms with Crippen LogP contribution in [-0.4, -0.2) is 64.7 Å². The van der Waals surface area contributed by atoms with E-state index in [9.17, 15) is 9.59 Å². The van der Waals surface area contributed by atoms with Gasteiger partial charge in [0.15, 0.2) is 5.17 Å². The number of hydrogen-bond donors (Lipinski definition) is 0. The Morgan fingerprint density at radius 1 is 1.03 bits per heavy atom. The highest BCUT2D eigenvalue weighted by atomic mass is 32.2. The van der Waals surface area contributed by atoms with E-state index in [1.54, 1.807) is 11.9 Å². The van der Waals surface area contributed by atoms with Crippen molar-refractivity contribution < 1.29 is 14.3 Å². The first-order valence-corrected chi connectivity index (χ1v) is 13.1. The van der Waals surface area contributed by atoms with E-state index in [0.29, 0.717) is 36.4 Å². The lowest BCUT2D eigenvalue weighted by Crippen LogP contribution is -2.42. The number of morpholine rings is 1. The minimum Gasteiger partial charge on any atom is -0.378 e. The maximum absolute atomic E-state index is 13.1. The molecule has 6 rings (SSSR count). The molecule has 0 radical (unpaired) electrons. The Morgan fingerprint density at radius 2 is 1.78 bits per heavy atom. The standard InChI is InChI=1S/C29H26N4O3S/c1-31-28(35)26(37-29(31)30-23-11-10-20-6-2-3-7-21(20)16-23)17-22-18-33(25-9-5-4-8-24(22)25)19-27(34)32-12-14-36-15-13-32/h2-11,16-18H,12-15,19H2,1H3/b26-17-,30-29?. The molecule has 2 aliphatic heterocycles. The van der Waals surface area contributed by atoms with E-state index in [2.05, 4.69) is 12.1 Å². The Balaban J connectivity index is 1.29. The maximum Gasteiger partial charge on any atom is 0.266 e. The first-order valence-electron chi connectivity index (χ1n) is 12.3. The molecule has 2 aliphatic rings. The van der Waals surface area contributed by atoms with Gasteiger partial charge in [-0.1, -0.05) is 48.5 Å². The average Bonchev–Trinajstić information content (AvgIpc) is 3.41. The zero-order valence-corrected chi connectivity index (χ0v) is 21.3. The second-order valence-corrected chi connectivity index (χ2v) is 10.1. The molecule has 3 heterocycles. The molecule has 0 bridgehead atoms. The van der Waals surface area contributed by atoms with Crippen LogP contribution in [0.2, 0.25) is 0 Å². The van der Waals surface area contributed by atoms with Crippen molar-refractivity contribution in [3.8, 4) is 0 Å². The van der Waals surface area contributed by atoms with Crippen molar-refractivity contribution in [2.75, 3.05) is 33.4 Å². The Kier molecular flexibility index (Phi) is 6.28. The molecule has 2 fully saturated rings. The monoisotopic (exact) mass is 510 g/mol. The molecular weight excluding hydrogens is 484 g/mol. The van der Waals surface area contributed by atoms with Gasteiger partial charge in [0.05, 0.1) is 23.8 Å². The second-order valence-electron chi connectivity index (χ2n) is 9.12. The van der Waals surface area contributed by atoms with Crippen molar-refractivity contribution in [2.24, 2.45) is 4.99 Å². The van der Waals surface area contributed by atoms with Gasteiger partial charge in [-0.05, 0) is 46.8 Å². The first kappa shape index (κ1) is 23.5. The molecule has 2 amide bonds. The summed E-state index contributed by atoms with van der Waals surface area (Å²) in [6, 6.07) is 22.1. The van der Waals surface area contributed by atoms with Crippen LogP contribution in [-0.2, 0) is 20.9 Å². The summed E-state index contributed by atoms with van der Waals surface area (Å²) in [7, 11) is 1.75. The van der Waals surface area contributed by atoms with Gasteiger partial charge in [-0.3, -0.25) is 14.5 Å². The molecule has 1 aromatic heterocycles. The zero-order valence-electron chi connectivity index (χ0n) is 20.5. The van der Waals surface area contributed by atoms with Crippen LogP contribution in [0.4, 0.5) is 5.69 Å². The summed E-state index contributed by atoms with van der Waals surface area (Å²) < 4.78 is 7.35. The lowest BCUT2D eigenvalue weighted by Gasteiger charge is -2.27. The topological polar surface area (TPSA) is 67.1 Å². The zero-order chi connectivity index (χ0) is 25.4. The highest BCUT2D eigenvalue weighted by molar-refractivity contribution is 8.18. The Bertz CT molecular complexity index is 1580. The van der Waals surface area contributed by atoms with E-state index in [0.717, 1.165) is 32.9 Å². The van der Waals surface area contributed by atoms with E-state index in [-0.39, 0.29) is 18.4 Å². The molecule has 0 saturated carbocycles. The number of hydrogen-bond acceptors (Lipinski definition) is 5. The van der Waals surface area contributed by atoms with Gasteiger partial charge in [0.25, 0.3) is 5.91 Å². The molecule has 37 heavy (non-hydrogen) atoms. The van der Waals surface area contributed by atoms with E-state index in [1.807, 2.05) is 76.3 Å².